The van der Waals surface area contributed by atoms with Gasteiger partial charge in [0, 0.05) is 5.69 Å². The van der Waals surface area contributed by atoms with Gasteiger partial charge >= 0.3 is 0 Å². The summed E-state index contributed by atoms with van der Waals surface area (Å²) in [5.41, 5.74) is 3.29. The van der Waals surface area contributed by atoms with Crippen molar-refractivity contribution >= 4 is 11.6 Å². The molecule has 1 aliphatic heterocycles. The summed E-state index contributed by atoms with van der Waals surface area (Å²) >= 11 is 0. The van der Waals surface area contributed by atoms with E-state index in [4.69, 9.17) is 0 Å². The van der Waals surface area contributed by atoms with E-state index < -0.39 is 0 Å². The number of likely N-dealkylation sites (tertiary alicyclic amines) is 1. The number of nitrogens with one attached hydrogen (secondary N) is 1. The van der Waals surface area contributed by atoms with Gasteiger partial charge in [-0.1, -0.05) is 37.0 Å². The van der Waals surface area contributed by atoms with Crippen molar-refractivity contribution in [1.29, 1.82) is 0 Å². The number of amides is 1. The molecular weight excluding hydrogens is 260 g/mol. The lowest BCUT2D eigenvalue weighted by atomic mass is 10.1. The van der Waals surface area contributed by atoms with E-state index in [1.807, 2.05) is 26.0 Å². The maximum absolute atomic E-state index is 12.5. The van der Waals surface area contributed by atoms with E-state index in [1.54, 1.807) is 0 Å². The number of carbonyl (C=O) groups is 1. The molecule has 1 aromatic carbocycles. The Morgan fingerprint density at radius 1 is 1.10 bits per heavy atom. The van der Waals surface area contributed by atoms with Crippen molar-refractivity contribution in [2.24, 2.45) is 0 Å². The van der Waals surface area contributed by atoms with Crippen LogP contribution in [0.5, 0.6) is 0 Å². The molecule has 21 heavy (non-hydrogen) atoms. The first-order valence-corrected chi connectivity index (χ1v) is 8.20. The Hall–Kier alpha value is -1.35. The van der Waals surface area contributed by atoms with Crippen LogP contribution in [0.15, 0.2) is 18.2 Å². The third-order valence-corrected chi connectivity index (χ3v) is 4.46. The molecule has 0 spiro atoms. The quantitative estimate of drug-likeness (QED) is 0.915. The molecule has 1 atom stereocenters. The molecule has 0 unspecified atom stereocenters. The zero-order valence-electron chi connectivity index (χ0n) is 13.6. The SMILES string of the molecule is Cc1ccc(NC(=O)[C@@H](C)N2CCCCCCC2)c(C)c1. The van der Waals surface area contributed by atoms with Crippen LogP contribution in [-0.2, 0) is 4.79 Å². The summed E-state index contributed by atoms with van der Waals surface area (Å²) in [5.74, 6) is 0.113. The summed E-state index contributed by atoms with van der Waals surface area (Å²) in [7, 11) is 0. The van der Waals surface area contributed by atoms with Gasteiger partial charge in [-0.15, -0.1) is 0 Å². The lowest BCUT2D eigenvalue weighted by Gasteiger charge is -2.29. The van der Waals surface area contributed by atoms with Crippen LogP contribution in [-0.4, -0.2) is 29.9 Å². The van der Waals surface area contributed by atoms with Crippen LogP contribution >= 0.6 is 0 Å². The van der Waals surface area contributed by atoms with Gasteiger partial charge in [-0.25, -0.2) is 0 Å². The Bertz CT molecular complexity index is 476. The Morgan fingerprint density at radius 2 is 1.71 bits per heavy atom. The number of benzene rings is 1. The third-order valence-electron chi connectivity index (χ3n) is 4.46. The van der Waals surface area contributed by atoms with E-state index in [1.165, 1.54) is 37.7 Å². The number of carbonyl (C=O) groups excluding carboxylic acids is 1. The fourth-order valence-corrected chi connectivity index (χ4v) is 3.02. The van der Waals surface area contributed by atoms with E-state index in [0.29, 0.717) is 0 Å². The molecular formula is C18H28N2O. The first-order chi connectivity index (χ1) is 10.1. The zero-order valence-corrected chi connectivity index (χ0v) is 13.6. The Balaban J connectivity index is 1.97. The molecule has 2 rings (SSSR count). The number of aryl methyl sites for hydroxylation is 2. The molecule has 1 amide bonds. The van der Waals surface area contributed by atoms with E-state index >= 15 is 0 Å². The predicted molar refractivity (Wildman–Crippen MR) is 88.7 cm³/mol. The van der Waals surface area contributed by atoms with Crippen LogP contribution in [0.25, 0.3) is 0 Å². The lowest BCUT2D eigenvalue weighted by molar-refractivity contribution is -0.120. The second-order valence-corrected chi connectivity index (χ2v) is 6.29. The molecule has 0 aromatic heterocycles. The first kappa shape index (κ1) is 16.0. The molecule has 1 aliphatic rings. The fraction of sp³-hybridized carbons (Fsp3) is 0.611. The molecule has 1 N–H and O–H groups in total. The highest BCUT2D eigenvalue weighted by Gasteiger charge is 2.21. The molecule has 0 saturated carbocycles. The lowest BCUT2D eigenvalue weighted by Crippen LogP contribution is -2.43. The fourth-order valence-electron chi connectivity index (χ4n) is 3.02. The van der Waals surface area contributed by atoms with Crippen LogP contribution in [0.3, 0.4) is 0 Å². The average Bonchev–Trinajstić information content (AvgIpc) is 2.41. The third kappa shape index (κ3) is 4.57. The van der Waals surface area contributed by atoms with Crippen molar-refractivity contribution in [1.82, 2.24) is 4.90 Å². The van der Waals surface area contributed by atoms with Gasteiger partial charge in [-0.05, 0) is 58.3 Å². The zero-order chi connectivity index (χ0) is 15.2. The maximum Gasteiger partial charge on any atom is 0.241 e. The van der Waals surface area contributed by atoms with Crippen molar-refractivity contribution in [2.45, 2.75) is 58.9 Å². The smallest absolute Gasteiger partial charge is 0.241 e. The largest absolute Gasteiger partial charge is 0.324 e. The van der Waals surface area contributed by atoms with Gasteiger partial charge in [0.2, 0.25) is 5.91 Å². The molecule has 3 nitrogen and oxygen atoms in total. The Morgan fingerprint density at radius 3 is 2.33 bits per heavy atom. The van der Waals surface area contributed by atoms with Crippen molar-refractivity contribution in [3.8, 4) is 0 Å². The number of hydrogen-bond donors (Lipinski definition) is 1. The summed E-state index contributed by atoms with van der Waals surface area (Å²) in [5, 5.41) is 3.09. The molecule has 1 fully saturated rings. The van der Waals surface area contributed by atoms with Crippen LogP contribution in [0, 0.1) is 13.8 Å². The minimum atomic E-state index is -0.0520. The molecule has 1 saturated heterocycles. The van der Waals surface area contributed by atoms with Crippen LogP contribution in [0.2, 0.25) is 0 Å². The Labute approximate surface area is 128 Å². The normalized spacial score (nSPS) is 18.6. The predicted octanol–water partition coefficient (Wildman–Crippen LogP) is 3.90. The van der Waals surface area contributed by atoms with Crippen LogP contribution in [0.1, 0.15) is 50.2 Å². The summed E-state index contributed by atoms with van der Waals surface area (Å²) in [4.78, 5) is 14.8. The highest BCUT2D eigenvalue weighted by atomic mass is 16.2. The highest BCUT2D eigenvalue weighted by molar-refractivity contribution is 5.95. The van der Waals surface area contributed by atoms with E-state index in [2.05, 4.69) is 23.2 Å². The molecule has 0 aliphatic carbocycles. The maximum atomic E-state index is 12.5. The number of hydrogen-bond acceptors (Lipinski definition) is 2. The monoisotopic (exact) mass is 288 g/mol. The Kier molecular flexibility index (Phi) is 5.80. The van der Waals surface area contributed by atoms with Gasteiger partial charge in [0.25, 0.3) is 0 Å². The second kappa shape index (κ2) is 7.60. The molecule has 0 radical (unpaired) electrons. The van der Waals surface area contributed by atoms with E-state index in [9.17, 15) is 4.79 Å². The minimum Gasteiger partial charge on any atom is -0.324 e. The molecule has 1 heterocycles. The number of anilines is 1. The number of nitrogens with zero attached hydrogens (tertiary/aromatic N) is 1. The summed E-state index contributed by atoms with van der Waals surface area (Å²) in [6.07, 6.45) is 6.35. The van der Waals surface area contributed by atoms with Crippen molar-refractivity contribution in [3.05, 3.63) is 29.3 Å². The molecule has 116 valence electrons. The van der Waals surface area contributed by atoms with Crippen LogP contribution < -0.4 is 5.32 Å². The molecule has 3 heteroatoms. The van der Waals surface area contributed by atoms with Crippen molar-refractivity contribution < 1.29 is 4.79 Å². The molecule has 1 aromatic rings. The standard InChI is InChI=1S/C18H28N2O/c1-14-9-10-17(15(2)13-14)19-18(21)16(3)20-11-7-5-4-6-8-12-20/h9-10,13,16H,4-8,11-12H2,1-3H3,(H,19,21)/t16-/m1/s1. The van der Waals surface area contributed by atoms with Gasteiger partial charge in [-0.2, -0.15) is 0 Å². The summed E-state index contributed by atoms with van der Waals surface area (Å²) in [6.45, 7) is 8.23. The van der Waals surface area contributed by atoms with E-state index in [-0.39, 0.29) is 11.9 Å². The van der Waals surface area contributed by atoms with Gasteiger partial charge in [0.1, 0.15) is 0 Å². The topological polar surface area (TPSA) is 32.3 Å². The van der Waals surface area contributed by atoms with Gasteiger partial charge < -0.3 is 5.32 Å². The van der Waals surface area contributed by atoms with Gasteiger partial charge in [0.15, 0.2) is 0 Å². The minimum absolute atomic E-state index is 0.0520. The van der Waals surface area contributed by atoms with Crippen molar-refractivity contribution in [2.75, 3.05) is 18.4 Å². The highest BCUT2D eigenvalue weighted by Crippen LogP contribution is 2.18. The van der Waals surface area contributed by atoms with Gasteiger partial charge in [0.05, 0.1) is 6.04 Å². The van der Waals surface area contributed by atoms with Crippen LogP contribution in [0.4, 0.5) is 5.69 Å². The average molecular weight is 288 g/mol. The number of rotatable bonds is 3. The summed E-state index contributed by atoms with van der Waals surface area (Å²) in [6, 6.07) is 6.10. The van der Waals surface area contributed by atoms with E-state index in [0.717, 1.165) is 24.3 Å². The molecule has 0 bridgehead atoms. The second-order valence-electron chi connectivity index (χ2n) is 6.29. The van der Waals surface area contributed by atoms with Crippen molar-refractivity contribution in [3.63, 3.8) is 0 Å². The summed E-state index contributed by atoms with van der Waals surface area (Å²) < 4.78 is 0. The van der Waals surface area contributed by atoms with Gasteiger partial charge in [-0.3, -0.25) is 9.69 Å². The first-order valence-electron chi connectivity index (χ1n) is 8.20.